The molecule has 60 heteroatoms. The van der Waals surface area contributed by atoms with Gasteiger partial charge in [0, 0.05) is 12.8 Å². The fourth-order valence-electron chi connectivity index (χ4n) is 13.5. The number of carbonyl (C=O) groups is 27. The van der Waals surface area contributed by atoms with Gasteiger partial charge in [-0.25, -0.2) is 4.79 Å². The zero-order valence-electron chi connectivity index (χ0n) is 83.5. The fourth-order valence-corrected chi connectivity index (χ4v) is 13.5. The van der Waals surface area contributed by atoms with Gasteiger partial charge >= 0.3 is 17.9 Å². The molecule has 0 aromatic rings. The van der Waals surface area contributed by atoms with E-state index in [1.807, 2.05) is 16.0 Å². The first-order valence-electron chi connectivity index (χ1n) is 46.5. The Kier molecular flexibility index (Phi) is 59.1. The summed E-state index contributed by atoms with van der Waals surface area (Å²) in [5.41, 5.74) is 32.2. The van der Waals surface area contributed by atoms with Crippen LogP contribution in [0.1, 0.15) is 187 Å². The predicted octanol–water partition coefficient (Wildman–Crippen LogP) is -15.4. The molecule has 0 aromatic heterocycles. The number of primary amides is 5. The molecule has 0 aromatic carbocycles. The van der Waals surface area contributed by atoms with Crippen LogP contribution in [0.2, 0.25) is 0 Å². The van der Waals surface area contributed by atoms with Crippen molar-refractivity contribution in [3.05, 3.63) is 0 Å². The summed E-state index contributed by atoms with van der Waals surface area (Å²) in [5, 5.41) is 122. The van der Waals surface area contributed by atoms with E-state index in [0.29, 0.717) is 0 Å². The summed E-state index contributed by atoms with van der Waals surface area (Å²) in [6.45, 7) is 15.1. The first kappa shape index (κ1) is 131. The third kappa shape index (κ3) is 48.7. The lowest BCUT2D eigenvalue weighted by atomic mass is 9.96. The molecule has 0 aliphatic heterocycles. The Morgan fingerprint density at radius 3 is 0.774 bits per heavy atom. The van der Waals surface area contributed by atoms with Crippen molar-refractivity contribution in [1.29, 1.82) is 0 Å². The molecule has 0 rings (SSSR count). The van der Waals surface area contributed by atoms with Crippen LogP contribution in [-0.4, -0.2) is 354 Å². The van der Waals surface area contributed by atoms with Gasteiger partial charge in [0.25, 0.3) is 0 Å². The summed E-state index contributed by atoms with van der Waals surface area (Å²) < 4.78 is 0. The van der Waals surface area contributed by atoms with Gasteiger partial charge in [0.15, 0.2) is 0 Å². The van der Waals surface area contributed by atoms with E-state index in [2.05, 4.69) is 85.1 Å². The second kappa shape index (κ2) is 65.7. The van der Waals surface area contributed by atoms with Crippen molar-refractivity contribution in [2.45, 2.75) is 308 Å². The number of hydrogen-bond donors (Lipinski definition) is 33. The Morgan fingerprint density at radius 1 is 0.247 bits per heavy atom. The molecule has 146 heavy (non-hydrogen) atoms. The summed E-state index contributed by atoms with van der Waals surface area (Å²) in [6, 6.07) is -35.8. The number of nitrogens with one attached hydrogen (secondary N) is 19. The number of nitrogens with two attached hydrogens (primary N) is 6. The smallest absolute Gasteiger partial charge is 0.328 e. The maximum atomic E-state index is 14.5. The van der Waals surface area contributed by atoms with Gasteiger partial charge in [0.2, 0.25) is 142 Å². The molecule has 0 aliphatic rings. The van der Waals surface area contributed by atoms with Crippen LogP contribution in [-0.2, 0) is 129 Å². The van der Waals surface area contributed by atoms with Gasteiger partial charge in [0.05, 0.1) is 71.2 Å². The first-order valence-corrected chi connectivity index (χ1v) is 46.5. The lowest BCUT2D eigenvalue weighted by Gasteiger charge is -2.30. The third-order valence-electron chi connectivity index (χ3n) is 21.9. The van der Waals surface area contributed by atoms with Crippen LogP contribution in [0.3, 0.4) is 0 Å². The lowest BCUT2D eigenvalue weighted by Crippen LogP contribution is -2.63. The summed E-state index contributed by atoms with van der Waals surface area (Å²) in [6.07, 6.45) is -10.7. The van der Waals surface area contributed by atoms with Crippen LogP contribution in [0.25, 0.3) is 0 Å². The van der Waals surface area contributed by atoms with Crippen molar-refractivity contribution in [2.75, 3.05) is 33.0 Å². The number of carbonyl (C=O) groups excluding carboxylic acids is 24. The maximum Gasteiger partial charge on any atom is 0.328 e. The minimum absolute atomic E-state index is 0.0735. The standard InChI is InChI=1S/C86H145N25O35/c1-15-38(11)65(83(142)93-40(13)68(127)105-53(31-113)80(139)101-47(24-58(90)119)73(132)100-48(25-59(91)120)75(134)107-55(33-115)86(145)146)109-81(140)54(32-114)106-77(136)51(28-63(125)126)102-72(131)45(22-35(5)6)97-71(130)44(21-34(3)4)98-76(135)50(27-62(123)124)103-74(133)49(26-60(92)121)104-82(141)64(37(9)10)108-70(129)43(18-20-57(89)118)95-69(128)42(17-19-56(88)117)96-84(143)66(39(12)16-2)110-85(144)67(41(14)116)111-78(137)46(23-36(7)8)99-79(138)52(30-112)94-61(122)29-87/h34-55,64-67,112-116H,15-33,87H2,1-14H3,(H2,88,117)(H2,89,118)(H2,90,119)(H2,91,120)(H2,92,121)(H,93,142)(H,94,122)(H,95,128)(H,96,143)(H,97,130)(H,98,135)(H,99,138)(H,100,132)(H,101,139)(H,102,131)(H,103,133)(H,104,141)(H,105,127)(H,106,136)(H,107,134)(H,108,129)(H,109,140)(H,110,144)(H,111,137)(H,123,124)(H,125,126)(H,145,146)/t38-,39-,40-,41+,42-,43-,44-,45-,46-,47-,48-,49-,50-,51-,52-,53-,54-,55-,64-,65-,66-,67-/m0/s1. The molecule has 0 bridgehead atoms. The molecule has 0 spiro atoms. The van der Waals surface area contributed by atoms with E-state index in [0.717, 1.165) is 13.8 Å². The molecule has 39 N–H and O–H groups in total. The van der Waals surface area contributed by atoms with E-state index in [9.17, 15) is 170 Å². The van der Waals surface area contributed by atoms with Crippen molar-refractivity contribution in [1.82, 2.24) is 101 Å². The number of aliphatic hydroxyl groups is 5. The Hall–Kier alpha value is -14.5. The number of aliphatic hydroxyl groups excluding tert-OH is 5. The molecule has 824 valence electrons. The predicted molar refractivity (Wildman–Crippen MR) is 504 cm³/mol. The van der Waals surface area contributed by atoms with Gasteiger partial charge in [-0.3, -0.25) is 125 Å². The SMILES string of the molecule is CC[C@H](C)[C@H](NC(=O)[C@H](CO)NC(=O)[C@H](CC(=O)O)NC(=O)[C@H](CC(C)C)NC(=O)[C@H](CC(C)C)NC(=O)[C@H](CC(=O)O)NC(=O)[C@H](CC(N)=O)NC(=O)[C@@H](NC(=O)[C@H](CCC(N)=O)NC(=O)[C@H](CCC(N)=O)NC(=O)[C@@H](NC(=O)[C@@H](NC(=O)[C@H](CC(C)C)NC(=O)[C@H](CO)NC(=O)CN)[C@@H](C)O)[C@@H](C)CC)C(C)C)C(=O)N[C@@H](C)C(=O)N[C@@H](CO)C(=O)N[C@@H](CC(N)=O)C(=O)N[C@@H](CC(N)=O)C(=O)N[C@@H](CO)C(=O)O. The highest BCUT2D eigenvalue weighted by Gasteiger charge is 2.43. The molecule has 60 nitrogen and oxygen atoms in total. The van der Waals surface area contributed by atoms with Crippen molar-refractivity contribution in [3.63, 3.8) is 0 Å². The second-order valence-corrected chi connectivity index (χ2v) is 36.2. The number of carboxylic acids is 3. The lowest BCUT2D eigenvalue weighted by molar-refractivity contribution is -0.144. The molecule has 24 amide bonds. The minimum Gasteiger partial charge on any atom is -0.481 e. The number of rotatable bonds is 71. The molecular formula is C86H145N25O35. The number of aliphatic carboxylic acids is 3. The maximum absolute atomic E-state index is 14.5. The second-order valence-electron chi connectivity index (χ2n) is 36.2. The van der Waals surface area contributed by atoms with Gasteiger partial charge in [-0.2, -0.15) is 0 Å². The molecule has 0 fully saturated rings. The zero-order chi connectivity index (χ0) is 112. The molecule has 0 saturated heterocycles. The van der Waals surface area contributed by atoms with E-state index >= 15 is 0 Å². The van der Waals surface area contributed by atoms with Gasteiger partial charge in [-0.1, -0.05) is 95.9 Å². The molecule has 0 heterocycles. The van der Waals surface area contributed by atoms with Gasteiger partial charge < -0.3 is 176 Å². The third-order valence-corrected chi connectivity index (χ3v) is 21.9. The summed E-state index contributed by atoms with van der Waals surface area (Å²) in [5.74, 6) is -39.4. The summed E-state index contributed by atoms with van der Waals surface area (Å²) in [7, 11) is 0. The fraction of sp³-hybridized carbons (Fsp3) is 0.686. The molecule has 0 radical (unpaired) electrons. The minimum atomic E-state index is -2.24. The van der Waals surface area contributed by atoms with Crippen LogP contribution < -0.4 is 135 Å². The highest BCUT2D eigenvalue weighted by molar-refractivity contribution is 6.04. The van der Waals surface area contributed by atoms with Gasteiger partial charge in [0.1, 0.15) is 115 Å². The van der Waals surface area contributed by atoms with E-state index in [-0.39, 0.29) is 38.0 Å². The average molecular weight is 2090 g/mol. The Labute approximate surface area is 838 Å². The van der Waals surface area contributed by atoms with Crippen molar-refractivity contribution in [2.24, 2.45) is 69.9 Å². The Balaban J connectivity index is 7.18. The topological polar surface area (TPSA) is 1010 Å². The summed E-state index contributed by atoms with van der Waals surface area (Å²) >= 11 is 0. The van der Waals surface area contributed by atoms with E-state index in [1.54, 1.807) is 34.6 Å². The number of hydrogen-bond acceptors (Lipinski definition) is 33. The molecule has 0 unspecified atom stereocenters. The zero-order valence-corrected chi connectivity index (χ0v) is 83.5. The molecule has 0 aliphatic carbocycles. The van der Waals surface area contributed by atoms with Gasteiger partial charge in [-0.05, 0) is 81.5 Å². The van der Waals surface area contributed by atoms with Crippen LogP contribution in [0.5, 0.6) is 0 Å². The number of carboxylic acid groups (broad SMARTS) is 3. The first-order chi connectivity index (χ1) is 67.9. The van der Waals surface area contributed by atoms with Crippen LogP contribution in [0, 0.1) is 35.5 Å². The normalized spacial score (nSPS) is 15.7. The van der Waals surface area contributed by atoms with Crippen LogP contribution >= 0.6 is 0 Å². The summed E-state index contributed by atoms with van der Waals surface area (Å²) in [4.78, 5) is 361. The molecule has 0 saturated carbocycles. The number of amides is 24. The Bertz CT molecular complexity index is 4600. The molecule has 22 atom stereocenters. The average Bonchev–Trinajstić information content (AvgIpc) is 0.845. The highest BCUT2D eigenvalue weighted by Crippen LogP contribution is 2.18. The van der Waals surface area contributed by atoms with E-state index in [4.69, 9.17) is 34.4 Å². The van der Waals surface area contributed by atoms with Crippen molar-refractivity contribution >= 4 is 160 Å². The monoisotopic (exact) mass is 2090 g/mol. The highest BCUT2D eigenvalue weighted by atomic mass is 16.4. The van der Waals surface area contributed by atoms with E-state index < -0.39 is 401 Å². The molecular weight excluding hydrogens is 1940 g/mol. The van der Waals surface area contributed by atoms with Crippen LogP contribution in [0.4, 0.5) is 0 Å². The van der Waals surface area contributed by atoms with Crippen molar-refractivity contribution < 1.29 is 170 Å². The van der Waals surface area contributed by atoms with E-state index in [1.165, 1.54) is 48.5 Å². The van der Waals surface area contributed by atoms with Crippen LogP contribution in [0.15, 0.2) is 0 Å². The van der Waals surface area contributed by atoms with Gasteiger partial charge in [-0.15, -0.1) is 0 Å². The Morgan fingerprint density at radius 2 is 0.473 bits per heavy atom. The van der Waals surface area contributed by atoms with Crippen molar-refractivity contribution in [3.8, 4) is 0 Å². The largest absolute Gasteiger partial charge is 0.481 e. The quantitative estimate of drug-likeness (QED) is 0.0269.